The molecular weight excluding hydrogens is 336 g/mol. The Labute approximate surface area is 149 Å². The number of rotatable bonds is 7. The van der Waals surface area contributed by atoms with Gasteiger partial charge in [-0.2, -0.15) is 0 Å². The molecular formula is C19H26N2O3S. The average Bonchev–Trinajstić information content (AvgIpc) is 3.40. The first-order valence-electron chi connectivity index (χ1n) is 9.27. The first-order valence-corrected chi connectivity index (χ1v) is 10.8. The molecule has 1 aromatic carbocycles. The second-order valence-electron chi connectivity index (χ2n) is 7.95. The number of hydrogen-bond donors (Lipinski definition) is 1. The molecule has 3 fully saturated rings. The summed E-state index contributed by atoms with van der Waals surface area (Å²) in [5, 5.41) is 0. The normalized spacial score (nSPS) is 20.8. The van der Waals surface area contributed by atoms with Gasteiger partial charge in [0.05, 0.1) is 4.90 Å². The highest BCUT2D eigenvalue weighted by atomic mass is 32.2. The van der Waals surface area contributed by atoms with Gasteiger partial charge in [0, 0.05) is 24.7 Å². The number of benzene rings is 1. The van der Waals surface area contributed by atoms with Crippen LogP contribution < -0.4 is 4.72 Å². The van der Waals surface area contributed by atoms with E-state index < -0.39 is 10.0 Å². The van der Waals surface area contributed by atoms with Crippen LogP contribution >= 0.6 is 0 Å². The molecule has 0 heterocycles. The number of aryl methyl sites for hydroxylation is 1. The van der Waals surface area contributed by atoms with Crippen molar-refractivity contribution in [1.29, 1.82) is 0 Å². The number of hydrogen-bond acceptors (Lipinski definition) is 3. The predicted octanol–water partition coefficient (Wildman–Crippen LogP) is 2.70. The fraction of sp³-hybridized carbons (Fsp3) is 0.632. The van der Waals surface area contributed by atoms with Crippen molar-refractivity contribution >= 4 is 15.9 Å². The third kappa shape index (κ3) is 3.60. The first-order chi connectivity index (χ1) is 11.9. The van der Waals surface area contributed by atoms with Crippen LogP contribution in [-0.4, -0.2) is 38.4 Å². The highest BCUT2D eigenvalue weighted by Gasteiger charge is 2.45. The molecule has 0 spiro atoms. The minimum Gasteiger partial charge on any atom is -0.338 e. The van der Waals surface area contributed by atoms with E-state index in [2.05, 4.69) is 4.72 Å². The summed E-state index contributed by atoms with van der Waals surface area (Å²) < 4.78 is 27.6. The van der Waals surface area contributed by atoms with Gasteiger partial charge in [-0.15, -0.1) is 0 Å². The molecule has 1 amide bonds. The summed E-state index contributed by atoms with van der Waals surface area (Å²) >= 11 is 0. The van der Waals surface area contributed by atoms with E-state index in [9.17, 15) is 13.2 Å². The molecule has 3 aliphatic carbocycles. The largest absolute Gasteiger partial charge is 0.338 e. The summed E-state index contributed by atoms with van der Waals surface area (Å²) in [6.45, 7) is 1.87. The van der Waals surface area contributed by atoms with E-state index in [1.54, 1.807) is 18.2 Å². The Bertz CT molecular complexity index is 781. The van der Waals surface area contributed by atoms with Crippen LogP contribution in [0.4, 0.5) is 0 Å². The molecule has 1 aromatic rings. The van der Waals surface area contributed by atoms with E-state index in [0.717, 1.165) is 18.4 Å². The molecule has 0 bridgehead atoms. The van der Waals surface area contributed by atoms with Crippen LogP contribution in [0, 0.1) is 18.8 Å². The fourth-order valence-electron chi connectivity index (χ4n) is 3.71. The standard InChI is InChI=1S/C19H26N2O3S/c1-12-3-10-16(25(23,24)20-15-8-9-15)11-17(12)19(22)21(2)18(13-4-5-13)14-6-7-14/h3,10-11,13-15,18,20H,4-9H2,1-2H3. The van der Waals surface area contributed by atoms with Gasteiger partial charge in [-0.25, -0.2) is 13.1 Å². The zero-order valence-electron chi connectivity index (χ0n) is 14.9. The first kappa shape index (κ1) is 17.0. The van der Waals surface area contributed by atoms with Gasteiger partial charge in [-0.1, -0.05) is 6.07 Å². The van der Waals surface area contributed by atoms with Crippen LogP contribution in [0.25, 0.3) is 0 Å². The van der Waals surface area contributed by atoms with Crippen LogP contribution in [-0.2, 0) is 10.0 Å². The SMILES string of the molecule is Cc1ccc(S(=O)(=O)NC2CC2)cc1C(=O)N(C)C(C1CC1)C1CC1. The zero-order valence-corrected chi connectivity index (χ0v) is 15.7. The van der Waals surface area contributed by atoms with E-state index in [0.29, 0.717) is 23.4 Å². The zero-order chi connectivity index (χ0) is 17.8. The number of nitrogens with one attached hydrogen (secondary N) is 1. The fourth-order valence-corrected chi connectivity index (χ4v) is 5.04. The Morgan fingerprint density at radius 2 is 1.72 bits per heavy atom. The molecule has 136 valence electrons. The molecule has 0 radical (unpaired) electrons. The van der Waals surface area contributed by atoms with Crippen molar-refractivity contribution in [3.8, 4) is 0 Å². The highest BCUT2D eigenvalue weighted by molar-refractivity contribution is 7.89. The molecule has 0 aromatic heterocycles. The predicted molar refractivity (Wildman–Crippen MR) is 95.9 cm³/mol. The summed E-state index contributed by atoms with van der Waals surface area (Å²) in [4.78, 5) is 15.2. The molecule has 0 aliphatic heterocycles. The lowest BCUT2D eigenvalue weighted by Crippen LogP contribution is -2.40. The van der Waals surface area contributed by atoms with Crippen LogP contribution in [0.3, 0.4) is 0 Å². The van der Waals surface area contributed by atoms with E-state index >= 15 is 0 Å². The van der Waals surface area contributed by atoms with Gasteiger partial charge in [-0.05, 0) is 75.0 Å². The van der Waals surface area contributed by atoms with E-state index in [1.165, 1.54) is 25.7 Å². The molecule has 3 aliphatic rings. The molecule has 6 heteroatoms. The number of carbonyl (C=O) groups is 1. The summed E-state index contributed by atoms with van der Waals surface area (Å²) in [6.07, 6.45) is 6.61. The molecule has 25 heavy (non-hydrogen) atoms. The number of carbonyl (C=O) groups excluding carboxylic acids is 1. The van der Waals surface area contributed by atoms with Crippen molar-refractivity contribution in [1.82, 2.24) is 9.62 Å². The minimum absolute atomic E-state index is 0.0511. The van der Waals surface area contributed by atoms with Gasteiger partial charge in [-0.3, -0.25) is 4.79 Å². The topological polar surface area (TPSA) is 66.5 Å². The van der Waals surface area contributed by atoms with Crippen LogP contribution in [0.15, 0.2) is 23.1 Å². The van der Waals surface area contributed by atoms with Gasteiger partial charge in [0.15, 0.2) is 0 Å². The number of amides is 1. The van der Waals surface area contributed by atoms with E-state index in [1.807, 2.05) is 18.9 Å². The van der Waals surface area contributed by atoms with Gasteiger partial charge in [0.1, 0.15) is 0 Å². The highest BCUT2D eigenvalue weighted by Crippen LogP contribution is 2.47. The van der Waals surface area contributed by atoms with E-state index in [-0.39, 0.29) is 16.8 Å². The molecule has 3 saturated carbocycles. The molecule has 1 N–H and O–H groups in total. The second kappa shape index (κ2) is 6.09. The third-order valence-corrected chi connectivity index (χ3v) is 7.14. The molecule has 0 unspecified atom stereocenters. The average molecular weight is 362 g/mol. The van der Waals surface area contributed by atoms with Crippen molar-refractivity contribution in [2.45, 2.75) is 62.4 Å². The maximum atomic E-state index is 13.1. The lowest BCUT2D eigenvalue weighted by Gasteiger charge is -2.29. The summed E-state index contributed by atoms with van der Waals surface area (Å²) in [6, 6.07) is 5.26. The molecule has 0 atom stereocenters. The molecule has 5 nitrogen and oxygen atoms in total. The van der Waals surface area contributed by atoms with Crippen molar-refractivity contribution in [3.63, 3.8) is 0 Å². The van der Waals surface area contributed by atoms with Crippen molar-refractivity contribution < 1.29 is 13.2 Å². The summed E-state index contributed by atoms with van der Waals surface area (Å²) in [5.41, 5.74) is 1.33. The monoisotopic (exact) mass is 362 g/mol. The number of sulfonamides is 1. The van der Waals surface area contributed by atoms with Gasteiger partial charge >= 0.3 is 0 Å². The smallest absolute Gasteiger partial charge is 0.254 e. The molecule has 4 rings (SSSR count). The maximum absolute atomic E-state index is 13.1. The Morgan fingerprint density at radius 3 is 2.24 bits per heavy atom. The van der Waals surface area contributed by atoms with Crippen molar-refractivity contribution in [2.75, 3.05) is 7.05 Å². The Hall–Kier alpha value is -1.40. The Balaban J connectivity index is 1.60. The number of nitrogens with zero attached hydrogens (tertiary/aromatic N) is 1. The van der Waals surface area contributed by atoms with Crippen LogP contribution in [0.2, 0.25) is 0 Å². The lowest BCUT2D eigenvalue weighted by atomic mass is 10.0. The Morgan fingerprint density at radius 1 is 1.12 bits per heavy atom. The van der Waals surface area contributed by atoms with Gasteiger partial charge in [0.2, 0.25) is 10.0 Å². The van der Waals surface area contributed by atoms with Crippen LogP contribution in [0.1, 0.15) is 54.4 Å². The van der Waals surface area contributed by atoms with Crippen molar-refractivity contribution in [2.24, 2.45) is 11.8 Å². The van der Waals surface area contributed by atoms with Gasteiger partial charge in [0.25, 0.3) is 5.91 Å². The molecule has 0 saturated heterocycles. The Kier molecular flexibility index (Phi) is 4.15. The minimum atomic E-state index is -3.54. The van der Waals surface area contributed by atoms with Gasteiger partial charge < -0.3 is 4.90 Å². The maximum Gasteiger partial charge on any atom is 0.254 e. The second-order valence-corrected chi connectivity index (χ2v) is 9.67. The summed E-state index contributed by atoms with van der Waals surface area (Å²) in [7, 11) is -1.66. The lowest BCUT2D eigenvalue weighted by molar-refractivity contribution is 0.0689. The quantitative estimate of drug-likeness (QED) is 0.811. The third-order valence-electron chi connectivity index (χ3n) is 5.63. The van der Waals surface area contributed by atoms with Crippen molar-refractivity contribution in [3.05, 3.63) is 29.3 Å². The van der Waals surface area contributed by atoms with Crippen LogP contribution in [0.5, 0.6) is 0 Å². The summed E-state index contributed by atoms with van der Waals surface area (Å²) in [5.74, 6) is 1.21. The van der Waals surface area contributed by atoms with E-state index in [4.69, 9.17) is 0 Å².